The van der Waals surface area contributed by atoms with Crippen LogP contribution in [0.15, 0.2) is 0 Å². The third-order valence-electron chi connectivity index (χ3n) is 1.91. The van der Waals surface area contributed by atoms with Crippen LogP contribution < -0.4 is 12.4 Å². The first-order chi connectivity index (χ1) is 7.60. The first-order valence-corrected chi connectivity index (χ1v) is 5.50. The molecule has 0 saturated carbocycles. The smallest absolute Gasteiger partial charge is 0.308 e. The number of nitrogens with zero attached hydrogens (tertiary/aromatic N) is 1. The number of hydrogen-bond acceptors (Lipinski definition) is 4. The van der Waals surface area contributed by atoms with Crippen LogP contribution in [0.5, 0.6) is 0 Å². The number of aliphatic hydroxyl groups is 1. The van der Waals surface area contributed by atoms with Crippen molar-refractivity contribution in [2.45, 2.75) is 32.0 Å². The van der Waals surface area contributed by atoms with Crippen LogP contribution in [0.2, 0.25) is 0 Å². The van der Waals surface area contributed by atoms with Gasteiger partial charge >= 0.3 is 11.9 Å². The second-order valence-corrected chi connectivity index (χ2v) is 5.24. The molecule has 0 aromatic rings. The van der Waals surface area contributed by atoms with E-state index in [0.717, 1.165) is 0 Å². The molecule has 0 amide bonds. The third kappa shape index (κ3) is 11.6. The molecular formula is C11H22ClNO5. The predicted molar refractivity (Wildman–Crippen MR) is 61.3 cm³/mol. The minimum atomic E-state index is -1.01. The zero-order valence-electron chi connectivity index (χ0n) is 11.2. The van der Waals surface area contributed by atoms with Crippen molar-refractivity contribution in [2.24, 2.45) is 0 Å². The Hall–Kier alpha value is -0.850. The molecule has 0 aliphatic heterocycles. The van der Waals surface area contributed by atoms with Crippen LogP contribution in [0.1, 0.15) is 19.8 Å². The van der Waals surface area contributed by atoms with E-state index in [-0.39, 0.29) is 25.2 Å². The summed E-state index contributed by atoms with van der Waals surface area (Å²) in [5.41, 5.74) is 0. The van der Waals surface area contributed by atoms with E-state index in [0.29, 0.717) is 11.0 Å². The summed E-state index contributed by atoms with van der Waals surface area (Å²) in [4.78, 5) is 22.0. The van der Waals surface area contributed by atoms with E-state index in [1.807, 2.05) is 21.1 Å². The summed E-state index contributed by atoms with van der Waals surface area (Å²) in [6, 6.07) is 0. The molecule has 0 saturated heterocycles. The summed E-state index contributed by atoms with van der Waals surface area (Å²) in [5.74, 6) is -1.58. The van der Waals surface area contributed by atoms with Gasteiger partial charge in [0.1, 0.15) is 6.54 Å². The van der Waals surface area contributed by atoms with Gasteiger partial charge in [0.15, 0.2) is 6.10 Å². The fourth-order valence-electron chi connectivity index (χ4n) is 1.42. The van der Waals surface area contributed by atoms with Gasteiger partial charge in [-0.3, -0.25) is 9.59 Å². The van der Waals surface area contributed by atoms with Crippen molar-refractivity contribution in [3.63, 3.8) is 0 Å². The molecule has 0 aliphatic rings. The van der Waals surface area contributed by atoms with Gasteiger partial charge in [-0.05, 0) is 6.92 Å². The zero-order valence-corrected chi connectivity index (χ0v) is 12.0. The molecule has 2 atom stereocenters. The van der Waals surface area contributed by atoms with Gasteiger partial charge in [0, 0.05) is 0 Å². The molecule has 1 unspecified atom stereocenters. The molecule has 0 rings (SSSR count). The molecular weight excluding hydrogens is 265 g/mol. The molecule has 0 aliphatic carbocycles. The highest BCUT2D eigenvalue weighted by molar-refractivity contribution is 5.71. The van der Waals surface area contributed by atoms with Crippen molar-refractivity contribution < 1.29 is 41.4 Å². The van der Waals surface area contributed by atoms with E-state index < -0.39 is 24.1 Å². The number of carboxylic acid groups (broad SMARTS) is 1. The molecule has 0 bridgehead atoms. The molecule has 2 N–H and O–H groups in total. The highest BCUT2D eigenvalue weighted by atomic mass is 35.5. The van der Waals surface area contributed by atoms with Gasteiger partial charge in [0.2, 0.25) is 0 Å². The summed E-state index contributed by atoms with van der Waals surface area (Å²) in [6.45, 7) is 1.89. The Kier molecular flexibility index (Phi) is 8.97. The Morgan fingerprint density at radius 3 is 2.06 bits per heavy atom. The standard InChI is InChI=1S/C11H21NO5.ClH/c1-8(13)5-11(16)17-9(6-10(14)15)7-12(2,3)4;/h8-9,13H,5-7H2,1-4H3;1H/t8?,9-;/m0./s1/i2+1,3+1,4+1;. The lowest BCUT2D eigenvalue weighted by molar-refractivity contribution is -0.873. The molecule has 0 spiro atoms. The third-order valence-corrected chi connectivity index (χ3v) is 1.91. The van der Waals surface area contributed by atoms with E-state index in [2.05, 4.69) is 0 Å². The van der Waals surface area contributed by atoms with Gasteiger partial charge in [0.05, 0.1) is 40.1 Å². The largest absolute Gasteiger partial charge is 1.00 e. The first-order valence-electron chi connectivity index (χ1n) is 5.50. The Labute approximate surface area is 114 Å². The number of ether oxygens (including phenoxy) is 1. The normalized spacial score (nSPS) is 14.3. The van der Waals surface area contributed by atoms with Crippen LogP contribution in [-0.4, -0.2) is 66.5 Å². The maximum atomic E-state index is 11.3. The van der Waals surface area contributed by atoms with Gasteiger partial charge in [-0.2, -0.15) is 0 Å². The van der Waals surface area contributed by atoms with E-state index in [4.69, 9.17) is 14.9 Å². The number of carboxylic acids is 1. The Bertz CT molecular complexity index is 275. The first kappa shape index (κ1) is 19.5. The summed E-state index contributed by atoms with van der Waals surface area (Å²) >= 11 is 0. The molecule has 7 heteroatoms. The van der Waals surface area contributed by atoms with E-state index in [9.17, 15) is 9.59 Å². The Morgan fingerprint density at radius 1 is 1.22 bits per heavy atom. The average Bonchev–Trinajstić information content (AvgIpc) is 1.95. The number of quaternary nitrogens is 1. The zero-order chi connectivity index (χ0) is 13.6. The number of hydrogen-bond donors (Lipinski definition) is 2. The van der Waals surface area contributed by atoms with Gasteiger partial charge in [0.25, 0.3) is 0 Å². The van der Waals surface area contributed by atoms with Crippen LogP contribution in [-0.2, 0) is 14.3 Å². The number of likely N-dealkylation sites (N-methyl/N-ethyl adjacent to an activating group) is 1. The molecule has 0 fully saturated rings. The summed E-state index contributed by atoms with van der Waals surface area (Å²) in [5, 5.41) is 17.8. The van der Waals surface area contributed by atoms with Crippen LogP contribution in [0.3, 0.4) is 0 Å². The van der Waals surface area contributed by atoms with E-state index in [1.54, 1.807) is 0 Å². The lowest BCUT2D eigenvalue weighted by Crippen LogP contribution is -3.00. The molecule has 0 heterocycles. The average molecular weight is 287 g/mol. The fraction of sp³-hybridized carbons (Fsp3) is 0.818. The van der Waals surface area contributed by atoms with Gasteiger partial charge < -0.3 is 31.8 Å². The summed E-state index contributed by atoms with van der Waals surface area (Å²) < 4.78 is 5.55. The van der Waals surface area contributed by atoms with Crippen LogP contribution in [0.25, 0.3) is 0 Å². The molecule has 0 aromatic carbocycles. The fourth-order valence-corrected chi connectivity index (χ4v) is 1.42. The number of carbonyl (C=O) groups excluding carboxylic acids is 1. The molecule has 6 nitrogen and oxygen atoms in total. The van der Waals surface area contributed by atoms with Gasteiger partial charge in [-0.25, -0.2) is 0 Å². The molecule has 0 aromatic heterocycles. The highest BCUT2D eigenvalue weighted by Gasteiger charge is 2.25. The SMILES string of the molecule is CC(O)CC(=O)O[C@@H](CC(=O)O)C[N+]([13CH3])([13CH3])[13CH3].[Cl-]. The number of halogens is 1. The van der Waals surface area contributed by atoms with Crippen LogP contribution in [0.4, 0.5) is 0 Å². The Morgan fingerprint density at radius 2 is 1.72 bits per heavy atom. The van der Waals surface area contributed by atoms with Crippen molar-refractivity contribution >= 4 is 11.9 Å². The number of carbonyl (C=O) groups is 2. The lowest BCUT2D eigenvalue weighted by atomic mass is 10.2. The summed E-state index contributed by atoms with van der Waals surface area (Å²) in [6.07, 6.45) is -1.79. The van der Waals surface area contributed by atoms with Gasteiger partial charge in [-0.1, -0.05) is 0 Å². The van der Waals surface area contributed by atoms with E-state index in [1.165, 1.54) is 6.92 Å². The quantitative estimate of drug-likeness (QED) is 0.293. The van der Waals surface area contributed by atoms with Crippen molar-refractivity contribution in [3.05, 3.63) is 0 Å². The van der Waals surface area contributed by atoms with E-state index >= 15 is 0 Å². The summed E-state index contributed by atoms with van der Waals surface area (Å²) in [7, 11) is 5.66. The van der Waals surface area contributed by atoms with Crippen molar-refractivity contribution in [3.8, 4) is 0 Å². The maximum Gasteiger partial charge on any atom is 0.308 e. The topological polar surface area (TPSA) is 83.8 Å². The lowest BCUT2D eigenvalue weighted by Gasteiger charge is -2.28. The van der Waals surface area contributed by atoms with Crippen molar-refractivity contribution in [1.82, 2.24) is 0 Å². The second-order valence-electron chi connectivity index (χ2n) is 5.24. The molecule has 0 radical (unpaired) electrons. The molecule has 108 valence electrons. The Balaban J connectivity index is 0. The van der Waals surface area contributed by atoms with Crippen LogP contribution in [0, 0.1) is 0 Å². The maximum absolute atomic E-state index is 11.3. The molecule has 18 heavy (non-hydrogen) atoms. The van der Waals surface area contributed by atoms with Crippen molar-refractivity contribution in [1.29, 1.82) is 0 Å². The van der Waals surface area contributed by atoms with Crippen LogP contribution >= 0.6 is 0 Å². The van der Waals surface area contributed by atoms with Crippen molar-refractivity contribution in [2.75, 3.05) is 27.7 Å². The number of esters is 1. The minimum absolute atomic E-state index is 0. The number of aliphatic hydroxyl groups excluding tert-OH is 1. The van der Waals surface area contributed by atoms with Gasteiger partial charge in [-0.15, -0.1) is 0 Å². The number of rotatable bonds is 7. The predicted octanol–water partition coefficient (Wildman–Crippen LogP) is -3.15. The monoisotopic (exact) mass is 286 g/mol. The number of aliphatic carboxylic acids is 1. The second kappa shape index (κ2) is 8.29. The highest BCUT2D eigenvalue weighted by Crippen LogP contribution is 2.07. The minimum Gasteiger partial charge on any atom is -1.00 e.